The van der Waals surface area contributed by atoms with Gasteiger partial charge in [0.2, 0.25) is 0 Å². The van der Waals surface area contributed by atoms with Gasteiger partial charge in [-0.2, -0.15) is 0 Å². The third-order valence-electron chi connectivity index (χ3n) is 4.64. The predicted molar refractivity (Wildman–Crippen MR) is 112 cm³/mol. The third-order valence-corrected chi connectivity index (χ3v) is 5.87. The van der Waals surface area contributed by atoms with Gasteiger partial charge in [0.1, 0.15) is 11.5 Å². The van der Waals surface area contributed by atoms with Gasteiger partial charge in [-0.25, -0.2) is 0 Å². The second-order valence-corrected chi connectivity index (χ2v) is 8.04. The molecule has 1 aliphatic heterocycles. The molecule has 0 fully saturated rings. The molecule has 152 valence electrons. The smallest absolute Gasteiger partial charge is 0.192 e. The van der Waals surface area contributed by atoms with E-state index in [1.165, 1.54) is 0 Å². The Morgan fingerprint density at radius 2 is 2.13 bits per heavy atom. The standard InChI is InChI=1S/C21H17ClN4O3S/c22-17-7-15-11-27-13-29-19(15)16(8-17)12-30-21-25-24-20(14-3-1-5-23-9-14)26(21)10-18-4-2-6-28-18/h1-9H,10-13H2. The van der Waals surface area contributed by atoms with Crippen molar-refractivity contribution in [1.29, 1.82) is 0 Å². The van der Waals surface area contributed by atoms with E-state index >= 15 is 0 Å². The summed E-state index contributed by atoms with van der Waals surface area (Å²) < 4.78 is 18.7. The molecule has 0 atom stereocenters. The van der Waals surface area contributed by atoms with E-state index in [0.29, 0.717) is 23.9 Å². The van der Waals surface area contributed by atoms with Gasteiger partial charge < -0.3 is 13.9 Å². The van der Waals surface area contributed by atoms with Crippen LogP contribution in [0.4, 0.5) is 0 Å². The van der Waals surface area contributed by atoms with Gasteiger partial charge in [0.15, 0.2) is 17.8 Å². The lowest BCUT2D eigenvalue weighted by Gasteiger charge is -2.21. The Balaban J connectivity index is 1.46. The lowest BCUT2D eigenvalue weighted by molar-refractivity contribution is -0.0168. The van der Waals surface area contributed by atoms with E-state index in [-0.39, 0.29) is 6.79 Å². The van der Waals surface area contributed by atoms with Crippen LogP contribution in [0.15, 0.2) is 64.6 Å². The molecule has 3 aromatic heterocycles. The fourth-order valence-electron chi connectivity index (χ4n) is 3.31. The summed E-state index contributed by atoms with van der Waals surface area (Å²) in [6.07, 6.45) is 5.17. The molecule has 0 N–H and O–H groups in total. The molecule has 30 heavy (non-hydrogen) atoms. The predicted octanol–water partition coefficient (Wildman–Crippen LogP) is 4.79. The van der Waals surface area contributed by atoms with E-state index in [4.69, 9.17) is 25.5 Å². The Morgan fingerprint density at radius 3 is 2.97 bits per heavy atom. The monoisotopic (exact) mass is 440 g/mol. The Labute approximate surface area is 182 Å². The van der Waals surface area contributed by atoms with Crippen molar-refractivity contribution in [3.63, 3.8) is 0 Å². The number of furan rings is 1. The van der Waals surface area contributed by atoms with Crippen LogP contribution in [0.25, 0.3) is 11.4 Å². The highest BCUT2D eigenvalue weighted by molar-refractivity contribution is 7.98. The van der Waals surface area contributed by atoms with Gasteiger partial charge in [-0.1, -0.05) is 23.4 Å². The molecule has 0 unspecified atom stereocenters. The van der Waals surface area contributed by atoms with E-state index in [0.717, 1.165) is 39.2 Å². The molecule has 4 heterocycles. The molecule has 1 aromatic carbocycles. The summed E-state index contributed by atoms with van der Waals surface area (Å²) in [6, 6.07) is 11.5. The normalized spacial score (nSPS) is 13.1. The lowest BCUT2D eigenvalue weighted by atomic mass is 10.1. The molecule has 1 aliphatic rings. The number of pyridine rings is 1. The highest BCUT2D eigenvalue weighted by Crippen LogP contribution is 2.36. The Morgan fingerprint density at radius 1 is 1.17 bits per heavy atom. The summed E-state index contributed by atoms with van der Waals surface area (Å²) in [7, 11) is 0. The fourth-order valence-corrected chi connectivity index (χ4v) is 4.48. The molecule has 0 amide bonds. The molecular weight excluding hydrogens is 424 g/mol. The van der Waals surface area contributed by atoms with E-state index < -0.39 is 0 Å². The van der Waals surface area contributed by atoms with Crippen LogP contribution < -0.4 is 4.74 Å². The van der Waals surface area contributed by atoms with Crippen LogP contribution in [0.3, 0.4) is 0 Å². The summed E-state index contributed by atoms with van der Waals surface area (Å²) >= 11 is 7.87. The van der Waals surface area contributed by atoms with Crippen molar-refractivity contribution in [1.82, 2.24) is 19.7 Å². The summed E-state index contributed by atoms with van der Waals surface area (Å²) in [5.41, 5.74) is 2.85. The molecular formula is C21H17ClN4O3S. The van der Waals surface area contributed by atoms with Crippen LogP contribution >= 0.6 is 23.4 Å². The second-order valence-electron chi connectivity index (χ2n) is 6.67. The highest BCUT2D eigenvalue weighted by Gasteiger charge is 2.20. The zero-order chi connectivity index (χ0) is 20.3. The first-order valence-electron chi connectivity index (χ1n) is 9.28. The summed E-state index contributed by atoms with van der Waals surface area (Å²) in [5.74, 6) is 3.02. The van der Waals surface area contributed by atoms with Crippen LogP contribution in [0, 0.1) is 0 Å². The van der Waals surface area contributed by atoms with Crippen molar-refractivity contribution in [3.8, 4) is 17.1 Å². The van der Waals surface area contributed by atoms with Crippen molar-refractivity contribution in [2.75, 3.05) is 6.79 Å². The first-order chi connectivity index (χ1) is 14.8. The average molecular weight is 441 g/mol. The minimum atomic E-state index is 0.242. The number of ether oxygens (including phenoxy) is 2. The summed E-state index contributed by atoms with van der Waals surface area (Å²) in [5, 5.41) is 10.3. The van der Waals surface area contributed by atoms with Gasteiger partial charge in [0.05, 0.1) is 19.4 Å². The van der Waals surface area contributed by atoms with Gasteiger partial charge >= 0.3 is 0 Å². The Bertz CT molecular complexity index is 1150. The maximum absolute atomic E-state index is 6.30. The first kappa shape index (κ1) is 19.2. The number of benzene rings is 1. The van der Waals surface area contributed by atoms with E-state index in [1.807, 2.05) is 41.0 Å². The molecule has 5 rings (SSSR count). The lowest BCUT2D eigenvalue weighted by Crippen LogP contribution is -2.13. The molecule has 0 spiro atoms. The first-order valence-corrected chi connectivity index (χ1v) is 10.6. The maximum atomic E-state index is 6.30. The molecule has 7 nitrogen and oxygen atoms in total. The average Bonchev–Trinajstić information content (AvgIpc) is 3.43. The minimum absolute atomic E-state index is 0.242. The van der Waals surface area contributed by atoms with Crippen molar-refractivity contribution in [2.24, 2.45) is 0 Å². The number of hydrogen-bond donors (Lipinski definition) is 0. The number of nitrogens with zero attached hydrogens (tertiary/aromatic N) is 4. The fraction of sp³-hybridized carbons (Fsp3) is 0.190. The van der Waals surface area contributed by atoms with Crippen molar-refractivity contribution in [2.45, 2.75) is 24.1 Å². The molecule has 0 bridgehead atoms. The van der Waals surface area contributed by atoms with Gasteiger partial charge in [0, 0.05) is 39.9 Å². The van der Waals surface area contributed by atoms with Crippen LogP contribution in [0.1, 0.15) is 16.9 Å². The maximum Gasteiger partial charge on any atom is 0.192 e. The zero-order valence-electron chi connectivity index (χ0n) is 15.8. The van der Waals surface area contributed by atoms with Gasteiger partial charge in [-0.3, -0.25) is 9.55 Å². The quantitative estimate of drug-likeness (QED) is 0.399. The number of aromatic nitrogens is 4. The van der Waals surface area contributed by atoms with Crippen LogP contribution in [0.5, 0.6) is 5.75 Å². The third kappa shape index (κ3) is 3.94. The molecule has 0 aliphatic carbocycles. The highest BCUT2D eigenvalue weighted by atomic mass is 35.5. The van der Waals surface area contributed by atoms with E-state index in [1.54, 1.807) is 30.4 Å². The Hall–Kier alpha value is -2.81. The van der Waals surface area contributed by atoms with Gasteiger partial charge in [-0.15, -0.1) is 10.2 Å². The van der Waals surface area contributed by atoms with Crippen LogP contribution in [0.2, 0.25) is 5.02 Å². The van der Waals surface area contributed by atoms with Crippen molar-refractivity contribution >= 4 is 23.4 Å². The zero-order valence-corrected chi connectivity index (χ0v) is 17.4. The van der Waals surface area contributed by atoms with Gasteiger partial charge in [-0.05, 0) is 36.4 Å². The molecule has 0 saturated carbocycles. The second kappa shape index (κ2) is 8.51. The molecule has 0 radical (unpaired) electrons. The van der Waals surface area contributed by atoms with Crippen molar-refractivity contribution in [3.05, 3.63) is 77.0 Å². The number of thioether (sulfide) groups is 1. The van der Waals surface area contributed by atoms with Crippen LogP contribution in [-0.4, -0.2) is 26.5 Å². The minimum Gasteiger partial charge on any atom is -0.467 e. The van der Waals surface area contributed by atoms with Crippen molar-refractivity contribution < 1.29 is 13.9 Å². The topological polar surface area (TPSA) is 75.2 Å². The number of fused-ring (bicyclic) bond motifs is 1. The summed E-state index contributed by atoms with van der Waals surface area (Å²) in [4.78, 5) is 4.21. The molecule has 4 aromatic rings. The number of hydrogen-bond acceptors (Lipinski definition) is 7. The van der Waals surface area contributed by atoms with Crippen LogP contribution in [-0.2, 0) is 23.6 Å². The summed E-state index contributed by atoms with van der Waals surface area (Å²) in [6.45, 7) is 1.25. The molecule has 9 heteroatoms. The van der Waals surface area contributed by atoms with Gasteiger partial charge in [0.25, 0.3) is 0 Å². The SMILES string of the molecule is Clc1cc2c(c(CSc3nnc(-c4cccnc4)n3Cc3ccco3)c1)OCOC2. The molecule has 0 saturated heterocycles. The van der Waals surface area contributed by atoms with E-state index in [9.17, 15) is 0 Å². The largest absolute Gasteiger partial charge is 0.467 e. The number of rotatable bonds is 6. The Kier molecular flexibility index (Phi) is 5.44. The number of halogens is 1. The van der Waals surface area contributed by atoms with E-state index in [2.05, 4.69) is 15.2 Å².